The maximum atomic E-state index is 13.6. The first-order valence-electron chi connectivity index (χ1n) is 6.20. The minimum absolute atomic E-state index is 0.130. The van der Waals surface area contributed by atoms with E-state index in [2.05, 4.69) is 5.32 Å². The quantitative estimate of drug-likeness (QED) is 0.834. The molecule has 0 unspecified atom stereocenters. The summed E-state index contributed by atoms with van der Waals surface area (Å²) in [5.74, 6) is -1.21. The van der Waals surface area contributed by atoms with Crippen LogP contribution in [0.3, 0.4) is 0 Å². The molecule has 1 heterocycles. The third kappa shape index (κ3) is 3.69. The van der Waals surface area contributed by atoms with Gasteiger partial charge >= 0.3 is 0 Å². The Balaban J connectivity index is 2.36. The lowest BCUT2D eigenvalue weighted by molar-refractivity contribution is 0.102. The van der Waals surface area contributed by atoms with E-state index in [0.29, 0.717) is 4.88 Å². The number of benzene rings is 1. The van der Waals surface area contributed by atoms with Crippen LogP contribution < -0.4 is 5.32 Å². The minimum atomic E-state index is -3.92. The average Bonchev–Trinajstić information content (AvgIpc) is 2.84. The van der Waals surface area contributed by atoms with Crippen LogP contribution in [0.5, 0.6) is 0 Å². The first-order valence-corrected chi connectivity index (χ1v) is 9.32. The lowest BCUT2D eigenvalue weighted by Gasteiger charge is -2.07. The molecule has 1 aromatic heterocycles. The fourth-order valence-electron chi connectivity index (χ4n) is 1.92. The fraction of sp³-hybridized carbons (Fsp3) is 0.143. The number of carbonyl (C=O) groups excluding carboxylic acids is 1. The predicted molar refractivity (Wildman–Crippen MR) is 85.9 cm³/mol. The van der Waals surface area contributed by atoms with Gasteiger partial charge in [0.15, 0.2) is 0 Å². The number of nitriles is 1. The van der Waals surface area contributed by atoms with Gasteiger partial charge in [-0.3, -0.25) is 4.79 Å². The Morgan fingerprint density at radius 3 is 2.52 bits per heavy atom. The Morgan fingerprint density at radius 2 is 2.00 bits per heavy atom. The first-order chi connectivity index (χ1) is 10.6. The van der Waals surface area contributed by atoms with E-state index in [1.165, 1.54) is 25.1 Å². The highest BCUT2D eigenvalue weighted by Gasteiger charge is 2.20. The molecule has 1 N–H and O–H groups in total. The number of carbonyl (C=O) groups is 1. The van der Waals surface area contributed by atoms with Gasteiger partial charge in [-0.05, 0) is 37.6 Å². The number of hydrogen-bond donors (Lipinski definition) is 1. The molecule has 9 heteroatoms. The molecule has 5 nitrogen and oxygen atoms in total. The van der Waals surface area contributed by atoms with E-state index in [1.807, 2.05) is 0 Å². The van der Waals surface area contributed by atoms with Crippen molar-refractivity contribution < 1.29 is 17.6 Å². The normalized spacial score (nSPS) is 11.1. The van der Waals surface area contributed by atoms with E-state index in [0.717, 1.165) is 11.3 Å². The van der Waals surface area contributed by atoms with E-state index in [9.17, 15) is 17.6 Å². The second-order valence-electron chi connectivity index (χ2n) is 4.69. The summed E-state index contributed by atoms with van der Waals surface area (Å²) < 4.78 is 36.1. The molecular weight excluding hydrogens is 363 g/mol. The largest absolute Gasteiger partial charge is 0.322 e. The van der Waals surface area contributed by atoms with Crippen LogP contribution in [0.4, 0.5) is 10.1 Å². The number of hydrogen-bond acceptors (Lipinski definition) is 5. The van der Waals surface area contributed by atoms with Crippen molar-refractivity contribution in [3.8, 4) is 6.07 Å². The Hall–Kier alpha value is -1.95. The fourth-order valence-corrected chi connectivity index (χ4v) is 4.11. The first kappa shape index (κ1) is 17.4. The number of anilines is 1. The standard InChI is InChI=1S/C14H10ClFN2O3S2/c1-7-3-10(4-9(6-17)13(7)16)18-14(19)11-5-12(22-8(11)2)23(15,20)21/h3-5H,1-2H3,(H,18,19). The minimum Gasteiger partial charge on any atom is -0.322 e. The topological polar surface area (TPSA) is 87.0 Å². The molecule has 0 spiro atoms. The smallest absolute Gasteiger partial charge is 0.270 e. The Kier molecular flexibility index (Phi) is 4.75. The molecule has 2 aromatic rings. The van der Waals surface area contributed by atoms with Gasteiger partial charge in [0.05, 0.1) is 11.1 Å². The van der Waals surface area contributed by atoms with Gasteiger partial charge in [-0.15, -0.1) is 11.3 Å². The molecule has 2 rings (SSSR count). The summed E-state index contributed by atoms with van der Waals surface area (Å²) in [6.07, 6.45) is 0. The number of rotatable bonds is 3. The number of halogens is 2. The molecule has 0 saturated heterocycles. The van der Waals surface area contributed by atoms with Crippen LogP contribution in [0, 0.1) is 31.0 Å². The molecule has 0 fully saturated rings. The molecule has 0 atom stereocenters. The number of nitrogens with one attached hydrogen (secondary N) is 1. The zero-order valence-corrected chi connectivity index (χ0v) is 14.4. The molecule has 0 saturated carbocycles. The van der Waals surface area contributed by atoms with E-state index < -0.39 is 20.8 Å². The maximum absolute atomic E-state index is 13.6. The third-order valence-corrected chi connectivity index (χ3v) is 6.14. The highest BCUT2D eigenvalue weighted by Crippen LogP contribution is 2.29. The molecule has 1 aromatic carbocycles. The van der Waals surface area contributed by atoms with Crippen molar-refractivity contribution in [2.24, 2.45) is 0 Å². The summed E-state index contributed by atoms with van der Waals surface area (Å²) in [6, 6.07) is 5.48. The zero-order valence-electron chi connectivity index (χ0n) is 12.0. The second-order valence-corrected chi connectivity index (χ2v) is 8.74. The van der Waals surface area contributed by atoms with Gasteiger partial charge in [0.1, 0.15) is 16.1 Å². The Bertz CT molecular complexity index is 946. The van der Waals surface area contributed by atoms with Crippen LogP contribution >= 0.6 is 22.0 Å². The van der Waals surface area contributed by atoms with Crippen molar-refractivity contribution in [3.05, 3.63) is 45.6 Å². The van der Waals surface area contributed by atoms with E-state index in [1.54, 1.807) is 13.0 Å². The molecule has 0 aliphatic rings. The summed E-state index contributed by atoms with van der Waals surface area (Å²) in [5.41, 5.74) is 0.415. The van der Waals surface area contributed by atoms with Gasteiger partial charge < -0.3 is 5.32 Å². The second kappa shape index (κ2) is 6.28. The van der Waals surface area contributed by atoms with Gasteiger partial charge in [0, 0.05) is 21.2 Å². The van der Waals surface area contributed by atoms with Crippen molar-refractivity contribution >= 4 is 42.7 Å². The third-order valence-electron chi connectivity index (χ3n) is 3.01. The summed E-state index contributed by atoms with van der Waals surface area (Å²) in [7, 11) is 1.34. The van der Waals surface area contributed by atoms with Gasteiger partial charge in [-0.1, -0.05) is 0 Å². The maximum Gasteiger partial charge on any atom is 0.270 e. The van der Waals surface area contributed by atoms with Crippen LogP contribution in [0.1, 0.15) is 26.4 Å². The van der Waals surface area contributed by atoms with E-state index in [4.69, 9.17) is 15.9 Å². The summed E-state index contributed by atoms with van der Waals surface area (Å²) in [5, 5.41) is 11.4. The number of aryl methyl sites for hydroxylation is 2. The molecule has 0 aliphatic heterocycles. The van der Waals surface area contributed by atoms with E-state index in [-0.39, 0.29) is 26.6 Å². The van der Waals surface area contributed by atoms with Crippen molar-refractivity contribution in [3.63, 3.8) is 0 Å². The van der Waals surface area contributed by atoms with Crippen molar-refractivity contribution in [1.29, 1.82) is 5.26 Å². The van der Waals surface area contributed by atoms with Gasteiger partial charge in [-0.25, -0.2) is 12.8 Å². The molecule has 120 valence electrons. The molecule has 0 radical (unpaired) electrons. The van der Waals surface area contributed by atoms with Crippen molar-refractivity contribution in [2.75, 3.05) is 5.32 Å². The SMILES string of the molecule is Cc1cc(NC(=O)c2cc(S(=O)(=O)Cl)sc2C)cc(C#N)c1F. The Morgan fingerprint density at radius 1 is 1.35 bits per heavy atom. The lowest BCUT2D eigenvalue weighted by atomic mass is 10.1. The lowest BCUT2D eigenvalue weighted by Crippen LogP contribution is -2.12. The Labute approximate surface area is 140 Å². The zero-order chi connectivity index (χ0) is 17.4. The van der Waals surface area contributed by atoms with Crippen LogP contribution in [-0.2, 0) is 9.05 Å². The average molecular weight is 373 g/mol. The van der Waals surface area contributed by atoms with Crippen LogP contribution in [0.2, 0.25) is 0 Å². The number of thiophene rings is 1. The van der Waals surface area contributed by atoms with Crippen LogP contribution in [0.15, 0.2) is 22.4 Å². The summed E-state index contributed by atoms with van der Waals surface area (Å²) in [4.78, 5) is 12.7. The monoisotopic (exact) mass is 372 g/mol. The highest BCUT2D eigenvalue weighted by molar-refractivity contribution is 8.15. The molecule has 0 bridgehead atoms. The molecule has 23 heavy (non-hydrogen) atoms. The van der Waals surface area contributed by atoms with Crippen molar-refractivity contribution in [1.82, 2.24) is 0 Å². The summed E-state index contributed by atoms with van der Waals surface area (Å²) >= 11 is 0.880. The number of amides is 1. The number of nitrogens with zero attached hydrogens (tertiary/aromatic N) is 1. The molecule has 0 aliphatic carbocycles. The van der Waals surface area contributed by atoms with Crippen LogP contribution in [0.25, 0.3) is 0 Å². The van der Waals surface area contributed by atoms with Gasteiger partial charge in [-0.2, -0.15) is 5.26 Å². The van der Waals surface area contributed by atoms with E-state index >= 15 is 0 Å². The van der Waals surface area contributed by atoms with Gasteiger partial charge in [0.25, 0.3) is 15.0 Å². The highest BCUT2D eigenvalue weighted by atomic mass is 35.7. The summed E-state index contributed by atoms with van der Waals surface area (Å²) in [6.45, 7) is 3.06. The molecular formula is C14H10ClFN2O3S2. The predicted octanol–water partition coefficient (Wildman–Crippen LogP) is 3.56. The molecule has 1 amide bonds. The van der Waals surface area contributed by atoms with Crippen molar-refractivity contribution in [2.45, 2.75) is 18.1 Å². The van der Waals surface area contributed by atoms with Crippen LogP contribution in [-0.4, -0.2) is 14.3 Å². The van der Waals surface area contributed by atoms with Gasteiger partial charge in [0.2, 0.25) is 0 Å².